The molecule has 2 aromatic heterocycles. The van der Waals surface area contributed by atoms with E-state index in [1.165, 1.54) is 30.2 Å². The van der Waals surface area contributed by atoms with Crippen LogP contribution in [0.15, 0.2) is 69.9 Å². The molecule has 1 atom stereocenters. The summed E-state index contributed by atoms with van der Waals surface area (Å²) in [5, 5.41) is 10.6. The molecule has 3 N–H and O–H groups in total. The van der Waals surface area contributed by atoms with Crippen molar-refractivity contribution in [1.29, 1.82) is 0 Å². The summed E-state index contributed by atoms with van der Waals surface area (Å²) < 4.78 is 17.0. The number of fused-ring (bicyclic) bond motifs is 2. The van der Waals surface area contributed by atoms with Crippen LogP contribution in [0.25, 0.3) is 11.0 Å². The second kappa shape index (κ2) is 13.8. The van der Waals surface area contributed by atoms with Crippen LogP contribution in [0.4, 0.5) is 5.69 Å². The van der Waals surface area contributed by atoms with E-state index in [0.717, 1.165) is 79.6 Å². The van der Waals surface area contributed by atoms with Gasteiger partial charge in [-0.1, -0.05) is 6.07 Å². The van der Waals surface area contributed by atoms with Gasteiger partial charge in [-0.05, 0) is 117 Å². The molecule has 1 unspecified atom stereocenters. The number of amides is 2. The molecule has 8 nitrogen and oxygen atoms in total. The highest BCUT2D eigenvalue weighted by Crippen LogP contribution is 2.36. The van der Waals surface area contributed by atoms with Crippen LogP contribution < -0.4 is 20.7 Å². The molecule has 0 saturated heterocycles. The van der Waals surface area contributed by atoms with Crippen LogP contribution in [-0.4, -0.2) is 38.1 Å². The zero-order valence-electron chi connectivity index (χ0n) is 24.7. The van der Waals surface area contributed by atoms with Gasteiger partial charge in [0.1, 0.15) is 11.3 Å². The third-order valence-corrected chi connectivity index (χ3v) is 8.54. The Kier molecular flexibility index (Phi) is 9.31. The Hall–Kier alpha value is -4.20. The van der Waals surface area contributed by atoms with E-state index in [0.29, 0.717) is 31.3 Å². The molecule has 4 aromatic rings. The molecule has 0 aliphatic heterocycles. The smallest absolute Gasteiger partial charge is 0.286 e. The second-order valence-electron chi connectivity index (χ2n) is 11.7. The van der Waals surface area contributed by atoms with E-state index < -0.39 is 0 Å². The zero-order chi connectivity index (χ0) is 29.4. The van der Waals surface area contributed by atoms with Crippen LogP contribution in [-0.2, 0) is 17.6 Å². The molecule has 0 radical (unpaired) electrons. The summed E-state index contributed by atoms with van der Waals surface area (Å²) in [5.74, 6) is 2.03. The van der Waals surface area contributed by atoms with Gasteiger partial charge in [-0.15, -0.1) is 0 Å². The first-order valence-corrected chi connectivity index (χ1v) is 15.7. The standard InChI is InChI=1S/C35H41N3O5/c39-34(26-8-9-26)37-17-14-25-6-3-5-24-10-12-29(22-30(24)25)41-19-2-1-16-36-28-11-13-32-31(21-28)27(23-43-32)15-18-38-35(40)33-7-4-20-42-33/h4,7,10-13,20-23,25-26,36H,1-3,5-6,8-9,14-19H2,(H,37,39)(H,38,40). The van der Waals surface area contributed by atoms with Gasteiger partial charge in [-0.2, -0.15) is 0 Å². The van der Waals surface area contributed by atoms with Crippen LogP contribution >= 0.6 is 0 Å². The van der Waals surface area contributed by atoms with Crippen molar-refractivity contribution in [1.82, 2.24) is 10.6 Å². The summed E-state index contributed by atoms with van der Waals surface area (Å²) >= 11 is 0. The van der Waals surface area contributed by atoms with Crippen LogP contribution in [0.2, 0.25) is 0 Å². The molecule has 1 saturated carbocycles. The van der Waals surface area contributed by atoms with Gasteiger partial charge in [0.2, 0.25) is 5.91 Å². The fraction of sp³-hybridized carbons (Fsp3) is 0.429. The SMILES string of the molecule is O=C(NCCc1coc2ccc(NCCCCOc3ccc4c(c3)C(CCNC(=O)C3CC3)CCC4)cc12)c1ccco1. The lowest BCUT2D eigenvalue weighted by Crippen LogP contribution is -2.27. The number of hydrogen-bond donors (Lipinski definition) is 3. The van der Waals surface area contributed by atoms with E-state index in [1.54, 1.807) is 18.4 Å². The molecular weight excluding hydrogens is 542 g/mol. The fourth-order valence-corrected chi connectivity index (χ4v) is 5.96. The average Bonchev–Trinajstić information content (AvgIpc) is 3.58. The first-order chi connectivity index (χ1) is 21.1. The summed E-state index contributed by atoms with van der Waals surface area (Å²) in [6.45, 7) is 2.78. The van der Waals surface area contributed by atoms with Crippen molar-refractivity contribution in [2.45, 2.75) is 63.7 Å². The third-order valence-electron chi connectivity index (χ3n) is 8.54. The van der Waals surface area contributed by atoms with E-state index in [1.807, 2.05) is 12.1 Å². The van der Waals surface area contributed by atoms with Gasteiger partial charge < -0.3 is 29.5 Å². The Balaban J connectivity index is 0.920. The van der Waals surface area contributed by atoms with Crippen molar-refractivity contribution < 1.29 is 23.2 Å². The number of hydrogen-bond acceptors (Lipinski definition) is 6. The molecule has 0 spiro atoms. The van der Waals surface area contributed by atoms with E-state index >= 15 is 0 Å². The maximum absolute atomic E-state index is 12.1. The quantitative estimate of drug-likeness (QED) is 0.136. The molecule has 2 aliphatic carbocycles. The number of aryl methyl sites for hydroxylation is 1. The molecule has 6 rings (SSSR count). The van der Waals surface area contributed by atoms with E-state index in [-0.39, 0.29) is 17.7 Å². The minimum Gasteiger partial charge on any atom is -0.494 e. The maximum Gasteiger partial charge on any atom is 0.286 e. The molecule has 2 aliphatic rings. The van der Waals surface area contributed by atoms with E-state index in [9.17, 15) is 9.59 Å². The highest BCUT2D eigenvalue weighted by Gasteiger charge is 2.29. The zero-order valence-corrected chi connectivity index (χ0v) is 24.7. The molecule has 2 amide bonds. The minimum absolute atomic E-state index is 0.217. The van der Waals surface area contributed by atoms with Crippen molar-refractivity contribution in [2.24, 2.45) is 5.92 Å². The third kappa shape index (κ3) is 7.61. The Bertz CT molecular complexity index is 1520. The number of benzene rings is 2. The van der Waals surface area contributed by atoms with Crippen LogP contribution in [0.5, 0.6) is 5.75 Å². The maximum atomic E-state index is 12.1. The Morgan fingerprint density at radius 2 is 1.86 bits per heavy atom. The van der Waals surface area contributed by atoms with Crippen LogP contribution in [0.3, 0.4) is 0 Å². The molecular formula is C35H41N3O5. The lowest BCUT2D eigenvalue weighted by molar-refractivity contribution is -0.122. The van der Waals surface area contributed by atoms with Crippen molar-refractivity contribution in [2.75, 3.05) is 31.6 Å². The Morgan fingerprint density at radius 1 is 0.930 bits per heavy atom. The van der Waals surface area contributed by atoms with E-state index in [2.05, 4.69) is 40.2 Å². The molecule has 43 heavy (non-hydrogen) atoms. The van der Waals surface area contributed by atoms with Crippen molar-refractivity contribution in [3.63, 3.8) is 0 Å². The van der Waals surface area contributed by atoms with Crippen LogP contribution in [0.1, 0.15) is 78.1 Å². The van der Waals surface area contributed by atoms with Crippen molar-refractivity contribution >= 4 is 28.5 Å². The summed E-state index contributed by atoms with van der Waals surface area (Å²) in [5.41, 5.74) is 5.77. The highest BCUT2D eigenvalue weighted by molar-refractivity contribution is 5.91. The van der Waals surface area contributed by atoms with Crippen LogP contribution in [0, 0.1) is 5.92 Å². The van der Waals surface area contributed by atoms with Gasteiger partial charge in [-0.25, -0.2) is 0 Å². The number of anilines is 1. The van der Waals surface area contributed by atoms with Gasteiger partial charge in [0, 0.05) is 42.2 Å². The Labute approximate surface area is 252 Å². The predicted octanol–water partition coefficient (Wildman–Crippen LogP) is 6.61. The monoisotopic (exact) mass is 583 g/mol. The minimum atomic E-state index is -0.217. The first-order valence-electron chi connectivity index (χ1n) is 15.7. The lowest BCUT2D eigenvalue weighted by atomic mass is 9.81. The molecule has 0 bridgehead atoms. The molecule has 226 valence electrons. The van der Waals surface area contributed by atoms with Crippen molar-refractivity contribution in [3.05, 3.63) is 83.5 Å². The molecule has 1 fully saturated rings. The summed E-state index contributed by atoms with van der Waals surface area (Å²) in [6, 6.07) is 16.1. The van der Waals surface area contributed by atoms with Crippen molar-refractivity contribution in [3.8, 4) is 5.75 Å². The largest absolute Gasteiger partial charge is 0.494 e. The number of carbonyl (C=O) groups is 2. The van der Waals surface area contributed by atoms with E-state index in [4.69, 9.17) is 13.6 Å². The number of rotatable bonds is 15. The Morgan fingerprint density at radius 3 is 2.72 bits per heavy atom. The number of furan rings is 2. The van der Waals surface area contributed by atoms with Gasteiger partial charge in [0.15, 0.2) is 5.76 Å². The molecule has 2 heterocycles. The number of ether oxygens (including phenoxy) is 1. The summed E-state index contributed by atoms with van der Waals surface area (Å²) in [4.78, 5) is 24.1. The number of unbranched alkanes of at least 4 members (excludes halogenated alkanes) is 1. The van der Waals surface area contributed by atoms with Gasteiger partial charge in [-0.3, -0.25) is 9.59 Å². The lowest BCUT2D eigenvalue weighted by Gasteiger charge is -2.26. The fourth-order valence-electron chi connectivity index (χ4n) is 5.96. The normalized spacial score (nSPS) is 16.0. The second-order valence-corrected chi connectivity index (χ2v) is 11.7. The summed E-state index contributed by atoms with van der Waals surface area (Å²) in [6.07, 6.45) is 12.5. The van der Waals surface area contributed by atoms with Gasteiger partial charge in [0.05, 0.1) is 19.1 Å². The molecule has 2 aromatic carbocycles. The summed E-state index contributed by atoms with van der Waals surface area (Å²) in [7, 11) is 0. The number of carbonyl (C=O) groups excluding carboxylic acids is 2. The number of nitrogens with one attached hydrogen (secondary N) is 3. The highest BCUT2D eigenvalue weighted by atomic mass is 16.5. The first kappa shape index (κ1) is 28.9. The van der Waals surface area contributed by atoms with Gasteiger partial charge in [0.25, 0.3) is 5.91 Å². The molecule has 8 heteroatoms. The average molecular weight is 584 g/mol. The predicted molar refractivity (Wildman–Crippen MR) is 167 cm³/mol. The van der Waals surface area contributed by atoms with Gasteiger partial charge >= 0.3 is 0 Å². The topological polar surface area (TPSA) is 106 Å².